The molecule has 0 fully saturated rings. The van der Waals surface area contributed by atoms with Gasteiger partial charge in [0, 0.05) is 5.56 Å². The molecule has 0 bridgehead atoms. The van der Waals surface area contributed by atoms with Crippen LogP contribution in [0.15, 0.2) is 66.0 Å². The van der Waals surface area contributed by atoms with E-state index in [1.165, 1.54) is 0 Å². The van der Waals surface area contributed by atoms with Crippen LogP contribution in [0.4, 0.5) is 0 Å². The van der Waals surface area contributed by atoms with E-state index < -0.39 is 0 Å². The van der Waals surface area contributed by atoms with Crippen LogP contribution >= 0.6 is 0 Å². The highest BCUT2D eigenvalue weighted by Gasteiger charge is 2.04. The summed E-state index contributed by atoms with van der Waals surface area (Å²) in [5, 5.41) is 21.1. The molecule has 0 amide bonds. The minimum absolute atomic E-state index is 0.626. The zero-order valence-corrected chi connectivity index (χ0v) is 11.1. The Balaban J connectivity index is 1.87. The molecule has 0 unspecified atom stereocenters. The third-order valence-corrected chi connectivity index (χ3v) is 2.93. The van der Waals surface area contributed by atoms with E-state index in [1.54, 1.807) is 29.4 Å². The van der Waals surface area contributed by atoms with Gasteiger partial charge in [-0.25, -0.2) is 0 Å². The lowest BCUT2D eigenvalue weighted by molar-refractivity contribution is 0.888. The average Bonchev–Trinajstić information content (AvgIpc) is 3.03. The van der Waals surface area contributed by atoms with Crippen LogP contribution in [0.1, 0.15) is 11.1 Å². The van der Waals surface area contributed by atoms with E-state index in [4.69, 9.17) is 5.26 Å². The molecule has 3 aromatic rings. The topological polar surface area (TPSA) is 66.9 Å². The number of nitriles is 1. The predicted octanol–water partition coefficient (Wildman–Crippen LogP) is 2.70. The number of nitrogens with zero attached hydrogens (tertiary/aromatic N) is 5. The molecule has 0 N–H and O–H groups in total. The van der Waals surface area contributed by atoms with Crippen LogP contribution in [0.3, 0.4) is 0 Å². The zero-order valence-electron chi connectivity index (χ0n) is 11.1. The Kier molecular flexibility index (Phi) is 3.52. The summed E-state index contributed by atoms with van der Waals surface area (Å²) in [7, 11) is 0. The molecular formula is C16H11N5. The molecule has 21 heavy (non-hydrogen) atoms. The maximum absolute atomic E-state index is 8.77. The fraction of sp³-hybridized carbons (Fsp3) is 0. The molecule has 0 radical (unpaired) electrons. The Morgan fingerprint density at radius 1 is 1.05 bits per heavy atom. The highest BCUT2D eigenvalue weighted by atomic mass is 15.4. The van der Waals surface area contributed by atoms with E-state index in [9.17, 15) is 0 Å². The fourth-order valence-electron chi connectivity index (χ4n) is 1.86. The molecule has 0 aliphatic heterocycles. The number of aromatic nitrogens is 3. The molecule has 0 saturated carbocycles. The first-order chi connectivity index (χ1) is 10.4. The lowest BCUT2D eigenvalue weighted by Crippen LogP contribution is -1.93. The molecule has 0 aliphatic rings. The molecule has 5 heteroatoms. The smallest absolute Gasteiger partial charge is 0.184 e. The summed E-state index contributed by atoms with van der Waals surface area (Å²) in [6.45, 7) is 0. The molecule has 5 nitrogen and oxygen atoms in total. The molecule has 100 valence electrons. The number of hydrogen-bond donors (Lipinski definition) is 0. The Hall–Kier alpha value is -3.26. The minimum Gasteiger partial charge on any atom is -0.200 e. The summed E-state index contributed by atoms with van der Waals surface area (Å²) in [5.74, 6) is 0.681. The van der Waals surface area contributed by atoms with Crippen molar-refractivity contribution < 1.29 is 0 Å². The Labute approximate surface area is 121 Å². The Morgan fingerprint density at radius 3 is 2.52 bits per heavy atom. The van der Waals surface area contributed by atoms with Crippen LogP contribution in [-0.2, 0) is 0 Å². The van der Waals surface area contributed by atoms with Crippen LogP contribution in [0.25, 0.3) is 11.4 Å². The van der Waals surface area contributed by atoms with Crippen LogP contribution in [0, 0.1) is 11.3 Å². The monoisotopic (exact) mass is 273 g/mol. The van der Waals surface area contributed by atoms with Gasteiger partial charge in [0.25, 0.3) is 0 Å². The molecule has 0 aliphatic carbocycles. The van der Waals surface area contributed by atoms with Crippen LogP contribution in [-0.4, -0.2) is 21.1 Å². The Morgan fingerprint density at radius 2 is 1.81 bits per heavy atom. The summed E-state index contributed by atoms with van der Waals surface area (Å²) < 4.78 is 1.62. The summed E-state index contributed by atoms with van der Waals surface area (Å²) in [6.07, 6.45) is 3.26. The van der Waals surface area contributed by atoms with E-state index in [1.807, 2.05) is 42.5 Å². The predicted molar refractivity (Wildman–Crippen MR) is 79.6 cm³/mol. The molecule has 2 aromatic carbocycles. The maximum Gasteiger partial charge on any atom is 0.184 e. The van der Waals surface area contributed by atoms with Crippen molar-refractivity contribution in [2.45, 2.75) is 0 Å². The van der Waals surface area contributed by atoms with E-state index in [0.29, 0.717) is 11.4 Å². The van der Waals surface area contributed by atoms with E-state index in [-0.39, 0.29) is 0 Å². The Bertz CT molecular complexity index is 795. The lowest BCUT2D eigenvalue weighted by Gasteiger charge is -2.00. The molecule has 1 aromatic heterocycles. The molecule has 1 heterocycles. The average molecular weight is 273 g/mol. The van der Waals surface area contributed by atoms with Crippen molar-refractivity contribution in [3.63, 3.8) is 0 Å². The van der Waals surface area contributed by atoms with Gasteiger partial charge in [0.15, 0.2) is 5.82 Å². The third kappa shape index (κ3) is 2.85. The van der Waals surface area contributed by atoms with Gasteiger partial charge in [0.1, 0.15) is 6.33 Å². The third-order valence-electron chi connectivity index (χ3n) is 2.93. The van der Waals surface area contributed by atoms with Gasteiger partial charge in [-0.05, 0) is 17.7 Å². The highest BCUT2D eigenvalue weighted by Crippen LogP contribution is 2.15. The van der Waals surface area contributed by atoms with Crippen molar-refractivity contribution in [2.24, 2.45) is 5.10 Å². The highest BCUT2D eigenvalue weighted by molar-refractivity contribution is 5.79. The van der Waals surface area contributed by atoms with Gasteiger partial charge in [0.2, 0.25) is 0 Å². The minimum atomic E-state index is 0.626. The van der Waals surface area contributed by atoms with Crippen LogP contribution in [0.2, 0.25) is 0 Å². The van der Waals surface area contributed by atoms with E-state index >= 15 is 0 Å². The fourth-order valence-corrected chi connectivity index (χ4v) is 1.86. The number of benzene rings is 2. The summed E-state index contributed by atoms with van der Waals surface area (Å²) >= 11 is 0. The van der Waals surface area contributed by atoms with Gasteiger partial charge in [-0.2, -0.15) is 15.0 Å². The van der Waals surface area contributed by atoms with Gasteiger partial charge >= 0.3 is 0 Å². The quantitative estimate of drug-likeness (QED) is 0.689. The second-order valence-corrected chi connectivity index (χ2v) is 4.34. The van der Waals surface area contributed by atoms with E-state index in [0.717, 1.165) is 11.1 Å². The van der Waals surface area contributed by atoms with Gasteiger partial charge in [-0.3, -0.25) is 0 Å². The van der Waals surface area contributed by atoms with Crippen molar-refractivity contribution in [1.82, 2.24) is 14.9 Å². The first kappa shape index (κ1) is 12.8. The van der Waals surface area contributed by atoms with Crippen molar-refractivity contribution in [3.8, 4) is 17.5 Å². The summed E-state index contributed by atoms with van der Waals surface area (Å²) in [6, 6.07) is 19.0. The van der Waals surface area contributed by atoms with Gasteiger partial charge in [-0.1, -0.05) is 42.5 Å². The number of hydrogen-bond acceptors (Lipinski definition) is 4. The van der Waals surface area contributed by atoms with Crippen molar-refractivity contribution >= 4 is 6.21 Å². The zero-order chi connectivity index (χ0) is 14.5. The van der Waals surface area contributed by atoms with Crippen molar-refractivity contribution in [3.05, 3.63) is 72.1 Å². The molecule has 3 rings (SSSR count). The SMILES string of the molecule is N#Cc1ccc(/C=N\n2cnnc2-c2ccccc2)cc1. The maximum atomic E-state index is 8.77. The second-order valence-electron chi connectivity index (χ2n) is 4.34. The van der Waals surface area contributed by atoms with Crippen LogP contribution < -0.4 is 0 Å². The molecule has 0 spiro atoms. The molecular weight excluding hydrogens is 262 g/mol. The number of rotatable bonds is 3. The van der Waals surface area contributed by atoms with Gasteiger partial charge in [-0.15, -0.1) is 10.2 Å². The normalized spacial score (nSPS) is 10.6. The first-order valence-electron chi connectivity index (χ1n) is 6.37. The van der Waals surface area contributed by atoms with Crippen molar-refractivity contribution in [2.75, 3.05) is 0 Å². The first-order valence-corrected chi connectivity index (χ1v) is 6.37. The molecule has 0 saturated heterocycles. The summed E-state index contributed by atoms with van der Waals surface area (Å²) in [5.41, 5.74) is 2.48. The second kappa shape index (κ2) is 5.80. The lowest BCUT2D eigenvalue weighted by atomic mass is 10.2. The van der Waals surface area contributed by atoms with Crippen LogP contribution in [0.5, 0.6) is 0 Å². The van der Waals surface area contributed by atoms with E-state index in [2.05, 4.69) is 21.4 Å². The van der Waals surface area contributed by atoms with Gasteiger partial charge in [0.05, 0.1) is 17.8 Å². The largest absolute Gasteiger partial charge is 0.200 e. The standard InChI is InChI=1S/C16H11N5/c17-10-13-6-8-14(9-7-13)11-19-21-12-18-20-16(21)15-4-2-1-3-5-15/h1-9,11-12H/b19-11-. The molecule has 0 atom stereocenters. The van der Waals surface area contributed by atoms with Crippen molar-refractivity contribution in [1.29, 1.82) is 5.26 Å². The van der Waals surface area contributed by atoms with Gasteiger partial charge < -0.3 is 0 Å². The summed E-state index contributed by atoms with van der Waals surface area (Å²) in [4.78, 5) is 0.